The molecule has 0 aromatic heterocycles. The highest BCUT2D eigenvalue weighted by atomic mass is 35.5. The molecule has 0 bridgehead atoms. The first-order valence-electron chi connectivity index (χ1n) is 4.38. The molecule has 2 unspecified atom stereocenters. The quantitative estimate of drug-likeness (QED) is 0.501. The lowest BCUT2D eigenvalue weighted by molar-refractivity contribution is 0.625. The van der Waals surface area contributed by atoms with Crippen LogP contribution in [-0.2, 0) is 0 Å². The van der Waals surface area contributed by atoms with Gasteiger partial charge in [0.25, 0.3) is 0 Å². The highest BCUT2D eigenvalue weighted by molar-refractivity contribution is 6.52. The van der Waals surface area contributed by atoms with Gasteiger partial charge >= 0.3 is 0 Å². The first kappa shape index (κ1) is 11.8. The van der Waals surface area contributed by atoms with Crippen molar-refractivity contribution in [3.63, 3.8) is 0 Å². The highest BCUT2D eigenvalue weighted by Gasteiger charge is 2.61. The third-order valence-corrected chi connectivity index (χ3v) is 4.72. The molecule has 1 aliphatic rings. The smallest absolute Gasteiger partial charge is 0.143 e. The van der Waals surface area contributed by atoms with Crippen molar-refractivity contribution in [1.82, 2.24) is 0 Å². The molecule has 0 saturated heterocycles. The second-order valence-corrected chi connectivity index (χ2v) is 5.97. The summed E-state index contributed by atoms with van der Waals surface area (Å²) < 4.78 is 12.5. The highest BCUT2D eigenvalue weighted by Crippen LogP contribution is 2.64. The Balaban J connectivity index is 2.40. The van der Waals surface area contributed by atoms with Crippen LogP contribution in [0.2, 0.25) is 10.0 Å². The minimum absolute atomic E-state index is 0.0662. The Hall–Kier alpha value is 0.310. The van der Waals surface area contributed by atoms with E-state index in [9.17, 15) is 4.39 Å². The van der Waals surface area contributed by atoms with Crippen molar-refractivity contribution < 1.29 is 4.39 Å². The van der Waals surface area contributed by atoms with Gasteiger partial charge in [-0.25, -0.2) is 4.39 Å². The number of alkyl halides is 2. The van der Waals surface area contributed by atoms with Gasteiger partial charge < -0.3 is 0 Å². The van der Waals surface area contributed by atoms with E-state index in [-0.39, 0.29) is 21.9 Å². The maximum absolute atomic E-state index is 13.3. The van der Waals surface area contributed by atoms with E-state index < -0.39 is 10.2 Å². The fourth-order valence-corrected chi connectivity index (χ4v) is 2.83. The topological polar surface area (TPSA) is 0 Å². The summed E-state index contributed by atoms with van der Waals surface area (Å²) in [4.78, 5) is 0. The summed E-state index contributed by atoms with van der Waals surface area (Å²) in [5.74, 6) is -0.523. The molecule has 0 aliphatic heterocycles. The van der Waals surface area contributed by atoms with Gasteiger partial charge in [0.05, 0.1) is 10.0 Å². The van der Waals surface area contributed by atoms with Crippen LogP contribution in [0.1, 0.15) is 18.4 Å². The number of rotatable bonds is 1. The fourth-order valence-electron chi connectivity index (χ4n) is 1.75. The molecule has 0 amide bonds. The van der Waals surface area contributed by atoms with Crippen molar-refractivity contribution in [1.29, 1.82) is 0 Å². The van der Waals surface area contributed by atoms with E-state index in [0.29, 0.717) is 5.56 Å². The molecule has 1 aliphatic carbocycles. The van der Waals surface area contributed by atoms with Crippen LogP contribution >= 0.6 is 46.4 Å². The van der Waals surface area contributed by atoms with Gasteiger partial charge in [-0.3, -0.25) is 0 Å². The lowest BCUT2D eigenvalue weighted by atomic mass is 10.1. The Morgan fingerprint density at radius 1 is 1.27 bits per heavy atom. The Labute approximate surface area is 107 Å². The first-order chi connectivity index (χ1) is 6.85. The van der Waals surface area contributed by atoms with E-state index in [0.717, 1.165) is 0 Å². The summed E-state index contributed by atoms with van der Waals surface area (Å²) in [7, 11) is 0. The van der Waals surface area contributed by atoms with Crippen LogP contribution in [0.25, 0.3) is 0 Å². The molecule has 1 fully saturated rings. The Morgan fingerprint density at radius 2 is 1.80 bits per heavy atom. The Morgan fingerprint density at radius 3 is 2.20 bits per heavy atom. The second kappa shape index (κ2) is 3.66. The van der Waals surface area contributed by atoms with Gasteiger partial charge in [0.15, 0.2) is 0 Å². The molecule has 0 radical (unpaired) electrons. The van der Waals surface area contributed by atoms with Crippen molar-refractivity contribution in [3.8, 4) is 0 Å². The fraction of sp³-hybridized carbons (Fsp3) is 0.400. The molecule has 2 atom stereocenters. The summed E-state index contributed by atoms with van der Waals surface area (Å²) in [6.07, 6.45) is 0. The molecule has 15 heavy (non-hydrogen) atoms. The van der Waals surface area contributed by atoms with Crippen molar-refractivity contribution in [2.24, 2.45) is 5.92 Å². The minimum Gasteiger partial charge on any atom is -0.205 e. The Kier molecular flexibility index (Phi) is 2.88. The van der Waals surface area contributed by atoms with E-state index in [1.807, 2.05) is 6.92 Å². The van der Waals surface area contributed by atoms with Gasteiger partial charge in [0, 0.05) is 5.92 Å². The predicted molar refractivity (Wildman–Crippen MR) is 62.8 cm³/mol. The van der Waals surface area contributed by atoms with E-state index >= 15 is 0 Å². The van der Waals surface area contributed by atoms with E-state index in [2.05, 4.69) is 0 Å². The number of hydrogen-bond donors (Lipinski definition) is 0. The third kappa shape index (κ3) is 1.84. The van der Waals surface area contributed by atoms with Crippen molar-refractivity contribution in [2.75, 3.05) is 0 Å². The zero-order valence-electron chi connectivity index (χ0n) is 7.70. The van der Waals surface area contributed by atoms with Crippen molar-refractivity contribution in [2.45, 2.75) is 17.2 Å². The van der Waals surface area contributed by atoms with Gasteiger partial charge in [-0.15, -0.1) is 23.2 Å². The van der Waals surface area contributed by atoms with Crippen LogP contribution in [0, 0.1) is 11.7 Å². The van der Waals surface area contributed by atoms with Crippen LogP contribution in [-0.4, -0.2) is 4.33 Å². The standard InChI is InChI=1S/C10H7Cl4F/c1-4-8(10(4,13)14)5-2-6(11)9(12)7(15)3-5/h2-4,8H,1H3. The normalized spacial score (nSPS) is 27.9. The number of benzene rings is 1. The molecule has 1 aromatic carbocycles. The third-order valence-electron chi connectivity index (χ3n) is 2.78. The summed E-state index contributed by atoms with van der Waals surface area (Å²) in [6.45, 7) is 1.91. The van der Waals surface area contributed by atoms with Gasteiger partial charge in [0.2, 0.25) is 0 Å². The molecule has 5 heteroatoms. The lowest BCUT2D eigenvalue weighted by Gasteiger charge is -2.04. The predicted octanol–water partition coefficient (Wildman–Crippen LogP) is 5.04. The Bertz CT molecular complexity index is 393. The summed E-state index contributed by atoms with van der Waals surface area (Å²) in [5, 5.41) is 0.123. The van der Waals surface area contributed by atoms with Gasteiger partial charge in [-0.05, 0) is 23.6 Å². The van der Waals surface area contributed by atoms with E-state index in [1.165, 1.54) is 6.07 Å². The van der Waals surface area contributed by atoms with Crippen LogP contribution in [0.15, 0.2) is 12.1 Å². The number of halogens is 5. The summed E-state index contributed by atoms with van der Waals surface area (Å²) in [5.41, 5.74) is 0.694. The molecule has 1 aromatic rings. The average molecular weight is 288 g/mol. The molecule has 2 rings (SSSR count). The first-order valence-corrected chi connectivity index (χ1v) is 5.89. The van der Waals surface area contributed by atoms with Crippen molar-refractivity contribution >= 4 is 46.4 Å². The van der Waals surface area contributed by atoms with Gasteiger partial charge in [-0.2, -0.15) is 0 Å². The lowest BCUT2D eigenvalue weighted by Crippen LogP contribution is -1.92. The second-order valence-electron chi connectivity index (χ2n) is 3.74. The molecule has 82 valence electrons. The zero-order valence-corrected chi connectivity index (χ0v) is 10.7. The van der Waals surface area contributed by atoms with Gasteiger partial charge in [0.1, 0.15) is 10.2 Å². The number of hydrogen-bond acceptors (Lipinski definition) is 0. The molecule has 0 heterocycles. The molecular weight excluding hydrogens is 281 g/mol. The molecule has 1 saturated carbocycles. The largest absolute Gasteiger partial charge is 0.205 e. The maximum atomic E-state index is 13.3. The molecule has 0 nitrogen and oxygen atoms in total. The van der Waals surface area contributed by atoms with Crippen LogP contribution < -0.4 is 0 Å². The molecule has 0 spiro atoms. The van der Waals surface area contributed by atoms with Crippen LogP contribution in [0.3, 0.4) is 0 Å². The van der Waals surface area contributed by atoms with E-state index in [1.54, 1.807) is 6.07 Å². The van der Waals surface area contributed by atoms with Crippen LogP contribution in [0.4, 0.5) is 4.39 Å². The van der Waals surface area contributed by atoms with E-state index in [4.69, 9.17) is 46.4 Å². The summed E-state index contributed by atoms with van der Waals surface area (Å²) >= 11 is 23.4. The monoisotopic (exact) mass is 286 g/mol. The minimum atomic E-state index is -0.816. The summed E-state index contributed by atoms with van der Waals surface area (Å²) in [6, 6.07) is 2.95. The van der Waals surface area contributed by atoms with Crippen molar-refractivity contribution in [3.05, 3.63) is 33.6 Å². The van der Waals surface area contributed by atoms with Gasteiger partial charge in [-0.1, -0.05) is 30.1 Å². The maximum Gasteiger partial charge on any atom is 0.143 e. The van der Waals surface area contributed by atoms with Crippen LogP contribution in [0.5, 0.6) is 0 Å². The molecule has 0 N–H and O–H groups in total. The zero-order chi connectivity index (χ0) is 11.4. The molecular formula is C10H7Cl4F. The SMILES string of the molecule is CC1C(c2cc(F)c(Cl)c(Cl)c2)C1(Cl)Cl. The average Bonchev–Trinajstić information content (AvgIpc) is 2.61.